The van der Waals surface area contributed by atoms with Crippen LogP contribution in [0, 0.1) is 11.3 Å². The molecule has 4 bridgehead atoms. The van der Waals surface area contributed by atoms with Gasteiger partial charge in [0, 0.05) is 23.9 Å². The van der Waals surface area contributed by atoms with Crippen LogP contribution >= 0.6 is 0 Å². The Morgan fingerprint density at radius 1 is 1.12 bits per heavy atom. The van der Waals surface area contributed by atoms with Crippen LogP contribution in [0.2, 0.25) is 0 Å². The third kappa shape index (κ3) is 7.31. The first-order chi connectivity index (χ1) is 23.2. The Hall–Kier alpha value is -4.40. The third-order valence-corrected chi connectivity index (χ3v) is 11.3. The maximum atomic E-state index is 14.4. The molecule has 14 nitrogen and oxygen atoms in total. The fourth-order valence-electron chi connectivity index (χ4n) is 6.39. The predicted octanol–water partition coefficient (Wildman–Crippen LogP) is 2.57. The summed E-state index contributed by atoms with van der Waals surface area (Å²) in [6, 6.07) is 5.17. The van der Waals surface area contributed by atoms with Gasteiger partial charge in [-0.25, -0.2) is 18.2 Å². The number of pyridine rings is 1. The molecule has 2 aliphatic carbocycles. The van der Waals surface area contributed by atoms with Gasteiger partial charge in [-0.15, -0.1) is 6.58 Å². The molecule has 4 aliphatic rings. The van der Waals surface area contributed by atoms with Gasteiger partial charge in [0.25, 0.3) is 5.91 Å². The molecule has 6 rings (SSSR count). The molecule has 3 N–H and O–H groups in total. The van der Waals surface area contributed by atoms with Crippen molar-refractivity contribution < 1.29 is 41.8 Å². The van der Waals surface area contributed by atoms with E-state index in [1.54, 1.807) is 27.0 Å². The topological polar surface area (TPSA) is 182 Å². The Morgan fingerprint density at radius 2 is 1.86 bits per heavy atom. The van der Waals surface area contributed by atoms with Crippen molar-refractivity contribution in [3.63, 3.8) is 0 Å². The molecule has 0 radical (unpaired) electrons. The van der Waals surface area contributed by atoms with Gasteiger partial charge in [-0.2, -0.15) is 0 Å². The molecule has 2 aliphatic heterocycles. The molecule has 3 fully saturated rings. The van der Waals surface area contributed by atoms with Crippen molar-refractivity contribution >= 4 is 44.6 Å². The average Bonchev–Trinajstić information content (AvgIpc) is 3.97. The van der Waals surface area contributed by atoms with Crippen molar-refractivity contribution in [3.8, 4) is 11.6 Å². The van der Waals surface area contributed by atoms with Gasteiger partial charge >= 0.3 is 6.09 Å². The Bertz CT molecular complexity index is 1770. The third-order valence-electron chi connectivity index (χ3n) is 9.49. The first-order valence-electron chi connectivity index (χ1n) is 16.6. The number of amides is 4. The van der Waals surface area contributed by atoms with Crippen LogP contribution in [0.5, 0.6) is 11.6 Å². The van der Waals surface area contributed by atoms with E-state index in [9.17, 15) is 27.6 Å². The molecular formula is C34H43N5O9S. The SMILES string of the molecule is C=CC1CC1(NC(=O)C1CC2CN1C(=O)C(C(C)(C)C)NC(=O)OCCCCOc1ccc3ccnc(c3c1)O2)C(=O)NS(=O)(=O)C1CC1. The van der Waals surface area contributed by atoms with Crippen molar-refractivity contribution in [1.29, 1.82) is 0 Å². The Balaban J connectivity index is 1.32. The van der Waals surface area contributed by atoms with Crippen LogP contribution in [0.1, 0.15) is 59.3 Å². The molecular weight excluding hydrogens is 654 g/mol. The average molecular weight is 698 g/mol. The molecule has 1 saturated heterocycles. The lowest BCUT2D eigenvalue weighted by Crippen LogP contribution is -2.60. The van der Waals surface area contributed by atoms with Gasteiger partial charge in [-0.3, -0.25) is 19.1 Å². The van der Waals surface area contributed by atoms with Gasteiger partial charge in [0.1, 0.15) is 29.5 Å². The molecule has 1 aromatic heterocycles. The lowest BCUT2D eigenvalue weighted by atomic mass is 9.85. The first kappa shape index (κ1) is 34.5. The van der Waals surface area contributed by atoms with Crippen LogP contribution in [-0.4, -0.2) is 90.9 Å². The second kappa shape index (κ2) is 13.1. The van der Waals surface area contributed by atoms with Crippen molar-refractivity contribution in [2.45, 2.75) is 88.3 Å². The molecule has 15 heteroatoms. The highest BCUT2D eigenvalue weighted by Gasteiger charge is 2.62. The Kier molecular flexibility index (Phi) is 9.24. The van der Waals surface area contributed by atoms with E-state index >= 15 is 0 Å². The molecule has 2 saturated carbocycles. The lowest BCUT2D eigenvalue weighted by Gasteiger charge is -2.35. The minimum absolute atomic E-state index is 0.0317. The fourth-order valence-corrected chi connectivity index (χ4v) is 7.75. The number of ether oxygens (including phenoxy) is 3. The summed E-state index contributed by atoms with van der Waals surface area (Å²) in [4.78, 5) is 60.6. The summed E-state index contributed by atoms with van der Waals surface area (Å²) in [7, 11) is -3.89. The van der Waals surface area contributed by atoms with Crippen LogP contribution in [0.15, 0.2) is 43.1 Å². The van der Waals surface area contributed by atoms with Crippen molar-refractivity contribution in [2.24, 2.45) is 11.3 Å². The molecule has 3 heterocycles. The summed E-state index contributed by atoms with van der Waals surface area (Å²) in [6.07, 6.45) is 3.89. The summed E-state index contributed by atoms with van der Waals surface area (Å²) in [5, 5.41) is 6.39. The molecule has 4 amide bonds. The number of carbonyl (C=O) groups excluding carboxylic acids is 4. The highest BCUT2D eigenvalue weighted by atomic mass is 32.2. The molecule has 2 aromatic rings. The normalized spacial score (nSPS) is 27.9. The van der Waals surface area contributed by atoms with Crippen LogP contribution in [-0.2, 0) is 29.1 Å². The zero-order valence-corrected chi connectivity index (χ0v) is 28.7. The number of carbonyl (C=O) groups is 4. The number of hydrogen-bond acceptors (Lipinski definition) is 10. The molecule has 5 atom stereocenters. The number of hydrogen-bond donors (Lipinski definition) is 3. The number of alkyl carbamates (subject to hydrolysis) is 1. The zero-order chi connectivity index (χ0) is 35.1. The number of benzene rings is 1. The zero-order valence-electron chi connectivity index (χ0n) is 27.9. The minimum Gasteiger partial charge on any atom is -0.494 e. The van der Waals surface area contributed by atoms with Gasteiger partial charge in [0.2, 0.25) is 27.7 Å². The number of cyclic esters (lactones) is 1. The molecule has 1 aromatic carbocycles. The number of sulfonamides is 1. The van der Waals surface area contributed by atoms with Crippen LogP contribution in [0.3, 0.4) is 0 Å². The summed E-state index contributed by atoms with van der Waals surface area (Å²) in [6.45, 7) is 9.59. The van der Waals surface area contributed by atoms with E-state index in [1.165, 1.54) is 11.0 Å². The first-order valence-corrected chi connectivity index (χ1v) is 18.2. The molecule has 49 heavy (non-hydrogen) atoms. The number of fused-ring (bicyclic) bond motifs is 3. The van der Waals surface area contributed by atoms with E-state index < -0.39 is 74.1 Å². The van der Waals surface area contributed by atoms with Crippen LogP contribution in [0.25, 0.3) is 10.8 Å². The van der Waals surface area contributed by atoms with E-state index in [-0.39, 0.29) is 26.0 Å². The predicted molar refractivity (Wildman–Crippen MR) is 178 cm³/mol. The largest absolute Gasteiger partial charge is 0.494 e. The monoisotopic (exact) mass is 697 g/mol. The standard InChI is InChI=1S/C34H43N5O9S/c1-5-21-18-34(21,31(42)38-49(44,45)24-10-11-24)37-28(40)26-17-23-19-39(26)30(41)27(33(2,3)4)36-32(43)47-15-7-6-14-46-22-9-8-20-12-13-35-29(48-23)25(20)16-22/h5,8-9,12-13,16,21,23-24,26-27H,1,6-7,10-11,14-15,17-19H2,2-4H3,(H,36,43)(H,37,40)(H,38,42). The van der Waals surface area contributed by atoms with Gasteiger partial charge in [0.05, 0.1) is 25.0 Å². The van der Waals surface area contributed by atoms with E-state index in [4.69, 9.17) is 14.2 Å². The fraction of sp³-hybridized carbons (Fsp3) is 0.559. The van der Waals surface area contributed by atoms with E-state index in [1.807, 2.05) is 24.3 Å². The summed E-state index contributed by atoms with van der Waals surface area (Å²) < 4.78 is 45.1. The van der Waals surface area contributed by atoms with Crippen molar-refractivity contribution in [1.82, 2.24) is 25.2 Å². The highest BCUT2D eigenvalue weighted by Crippen LogP contribution is 2.45. The Labute approximate surface area is 285 Å². The van der Waals surface area contributed by atoms with Crippen molar-refractivity contribution in [2.75, 3.05) is 19.8 Å². The van der Waals surface area contributed by atoms with Gasteiger partial charge in [-0.1, -0.05) is 32.9 Å². The van der Waals surface area contributed by atoms with Crippen molar-refractivity contribution in [3.05, 3.63) is 43.1 Å². The number of aromatic nitrogens is 1. The van der Waals surface area contributed by atoms with Crippen LogP contribution in [0.4, 0.5) is 4.79 Å². The van der Waals surface area contributed by atoms with Gasteiger partial charge in [0.15, 0.2) is 0 Å². The van der Waals surface area contributed by atoms with E-state index in [0.29, 0.717) is 49.3 Å². The molecule has 264 valence electrons. The van der Waals surface area contributed by atoms with E-state index in [0.717, 1.165) is 5.39 Å². The quantitative estimate of drug-likeness (QED) is 0.380. The maximum absolute atomic E-state index is 14.4. The summed E-state index contributed by atoms with van der Waals surface area (Å²) in [5.41, 5.74) is -2.33. The summed E-state index contributed by atoms with van der Waals surface area (Å²) >= 11 is 0. The number of nitrogens with one attached hydrogen (secondary N) is 3. The minimum atomic E-state index is -3.89. The second-order valence-corrected chi connectivity index (χ2v) is 16.3. The second-order valence-electron chi connectivity index (χ2n) is 14.3. The summed E-state index contributed by atoms with van der Waals surface area (Å²) in [5.74, 6) is -1.65. The number of nitrogens with zero attached hydrogens (tertiary/aromatic N) is 2. The van der Waals surface area contributed by atoms with E-state index in [2.05, 4.69) is 26.9 Å². The van der Waals surface area contributed by atoms with Gasteiger partial charge < -0.3 is 29.7 Å². The highest BCUT2D eigenvalue weighted by molar-refractivity contribution is 7.91. The Morgan fingerprint density at radius 3 is 2.53 bits per heavy atom. The lowest BCUT2D eigenvalue weighted by molar-refractivity contribution is -0.142. The van der Waals surface area contributed by atoms with Crippen LogP contribution < -0.4 is 24.8 Å². The van der Waals surface area contributed by atoms with Gasteiger partial charge in [-0.05, 0) is 61.1 Å². The molecule has 0 spiro atoms. The maximum Gasteiger partial charge on any atom is 0.407 e. The number of rotatable bonds is 6. The molecule has 5 unspecified atom stereocenters. The smallest absolute Gasteiger partial charge is 0.407 e.